The standard InChI is InChI=1S/C18H27N3O2/c1-4-10-22-17-7-6-15(12-18(17)23-11-5-2)14(3)19-13-16-8-9-20-21-16/h6-9,12,14,19H,4-5,10-11,13H2,1-3H3,(H,20,21). The number of aromatic amines is 1. The SMILES string of the molecule is CCCOc1ccc(C(C)NCc2ccn[nH]2)cc1OCCC. The third kappa shape index (κ3) is 5.28. The number of nitrogens with one attached hydrogen (secondary N) is 2. The lowest BCUT2D eigenvalue weighted by Crippen LogP contribution is -2.18. The summed E-state index contributed by atoms with van der Waals surface area (Å²) >= 11 is 0. The van der Waals surface area contributed by atoms with Gasteiger partial charge in [-0.1, -0.05) is 19.9 Å². The van der Waals surface area contributed by atoms with E-state index in [0.717, 1.165) is 36.6 Å². The molecule has 2 aromatic rings. The summed E-state index contributed by atoms with van der Waals surface area (Å²) in [5, 5.41) is 10.4. The minimum Gasteiger partial charge on any atom is -0.490 e. The van der Waals surface area contributed by atoms with Crippen molar-refractivity contribution in [2.24, 2.45) is 0 Å². The maximum atomic E-state index is 5.86. The number of ether oxygens (including phenoxy) is 2. The van der Waals surface area contributed by atoms with Crippen molar-refractivity contribution in [3.8, 4) is 11.5 Å². The first-order chi connectivity index (χ1) is 11.2. The lowest BCUT2D eigenvalue weighted by atomic mass is 10.1. The highest BCUT2D eigenvalue weighted by Gasteiger charge is 2.11. The Hall–Kier alpha value is -2.01. The molecule has 0 fully saturated rings. The van der Waals surface area contributed by atoms with Gasteiger partial charge >= 0.3 is 0 Å². The second-order valence-electron chi connectivity index (χ2n) is 5.59. The fourth-order valence-electron chi connectivity index (χ4n) is 2.21. The van der Waals surface area contributed by atoms with Crippen molar-refractivity contribution >= 4 is 0 Å². The van der Waals surface area contributed by atoms with Gasteiger partial charge in [0.15, 0.2) is 11.5 Å². The average Bonchev–Trinajstić information content (AvgIpc) is 3.09. The normalized spacial score (nSPS) is 12.1. The Morgan fingerprint density at radius 2 is 1.83 bits per heavy atom. The first-order valence-corrected chi connectivity index (χ1v) is 8.35. The highest BCUT2D eigenvalue weighted by Crippen LogP contribution is 2.31. The molecule has 0 saturated carbocycles. The predicted octanol–water partition coefficient (Wildman–Crippen LogP) is 3.84. The van der Waals surface area contributed by atoms with Crippen LogP contribution >= 0.6 is 0 Å². The molecule has 0 saturated heterocycles. The van der Waals surface area contributed by atoms with Crippen molar-refractivity contribution in [1.29, 1.82) is 0 Å². The van der Waals surface area contributed by atoms with Gasteiger partial charge in [-0.2, -0.15) is 5.10 Å². The molecule has 5 heteroatoms. The number of hydrogen-bond donors (Lipinski definition) is 2. The molecule has 1 unspecified atom stereocenters. The van der Waals surface area contributed by atoms with Crippen LogP contribution in [0.25, 0.3) is 0 Å². The summed E-state index contributed by atoms with van der Waals surface area (Å²) in [5.41, 5.74) is 2.25. The number of H-pyrrole nitrogens is 1. The van der Waals surface area contributed by atoms with Gasteiger partial charge in [0.25, 0.3) is 0 Å². The van der Waals surface area contributed by atoms with Crippen LogP contribution in [0, 0.1) is 0 Å². The summed E-state index contributed by atoms with van der Waals surface area (Å²) in [7, 11) is 0. The molecule has 0 spiro atoms. The van der Waals surface area contributed by atoms with Gasteiger partial charge in [0.2, 0.25) is 0 Å². The van der Waals surface area contributed by atoms with Crippen LogP contribution in [-0.2, 0) is 6.54 Å². The zero-order chi connectivity index (χ0) is 16.5. The van der Waals surface area contributed by atoms with Crippen LogP contribution in [0.1, 0.15) is 50.9 Å². The predicted molar refractivity (Wildman–Crippen MR) is 91.9 cm³/mol. The highest BCUT2D eigenvalue weighted by molar-refractivity contribution is 5.43. The topological polar surface area (TPSA) is 59.2 Å². The van der Waals surface area contributed by atoms with Gasteiger partial charge < -0.3 is 14.8 Å². The second kappa shape index (κ2) is 9.20. The average molecular weight is 317 g/mol. The van der Waals surface area contributed by atoms with Crippen molar-refractivity contribution in [2.75, 3.05) is 13.2 Å². The molecule has 126 valence electrons. The molecule has 1 aromatic carbocycles. The molecule has 1 aromatic heterocycles. The number of aromatic nitrogens is 2. The zero-order valence-corrected chi connectivity index (χ0v) is 14.3. The second-order valence-corrected chi connectivity index (χ2v) is 5.59. The number of benzene rings is 1. The Kier molecular flexibility index (Phi) is 6.94. The van der Waals surface area contributed by atoms with Crippen LogP contribution in [0.15, 0.2) is 30.5 Å². The first-order valence-electron chi connectivity index (χ1n) is 8.35. The smallest absolute Gasteiger partial charge is 0.161 e. The van der Waals surface area contributed by atoms with Gasteiger partial charge in [-0.3, -0.25) is 5.10 Å². The summed E-state index contributed by atoms with van der Waals surface area (Å²) in [6.07, 6.45) is 3.72. The highest BCUT2D eigenvalue weighted by atomic mass is 16.5. The van der Waals surface area contributed by atoms with E-state index >= 15 is 0 Å². The van der Waals surface area contributed by atoms with Gasteiger partial charge in [0.05, 0.1) is 13.2 Å². The minimum absolute atomic E-state index is 0.211. The Morgan fingerprint density at radius 1 is 1.09 bits per heavy atom. The minimum atomic E-state index is 0.211. The summed E-state index contributed by atoms with van der Waals surface area (Å²) in [4.78, 5) is 0. The van der Waals surface area contributed by atoms with Gasteiger partial charge in [0, 0.05) is 24.5 Å². The molecule has 2 N–H and O–H groups in total. The summed E-state index contributed by atoms with van der Waals surface area (Å²) < 4.78 is 11.6. The lowest BCUT2D eigenvalue weighted by molar-refractivity contribution is 0.268. The van der Waals surface area contributed by atoms with E-state index < -0.39 is 0 Å². The molecule has 1 heterocycles. The molecule has 0 aliphatic heterocycles. The van der Waals surface area contributed by atoms with E-state index in [1.54, 1.807) is 6.20 Å². The molecule has 1 atom stereocenters. The van der Waals surface area contributed by atoms with Crippen LogP contribution in [0.2, 0.25) is 0 Å². The van der Waals surface area contributed by atoms with E-state index in [1.807, 2.05) is 12.1 Å². The van der Waals surface area contributed by atoms with Crippen LogP contribution in [0.4, 0.5) is 0 Å². The van der Waals surface area contributed by atoms with Gasteiger partial charge in [-0.05, 0) is 43.5 Å². The van der Waals surface area contributed by atoms with Crippen molar-refractivity contribution in [3.63, 3.8) is 0 Å². The van der Waals surface area contributed by atoms with E-state index in [2.05, 4.69) is 48.4 Å². The van der Waals surface area contributed by atoms with Gasteiger partial charge in [0.1, 0.15) is 0 Å². The van der Waals surface area contributed by atoms with Crippen LogP contribution in [0.3, 0.4) is 0 Å². The Labute approximate surface area is 138 Å². The number of hydrogen-bond acceptors (Lipinski definition) is 4. The summed E-state index contributed by atoms with van der Waals surface area (Å²) in [6.45, 7) is 8.49. The Bertz CT molecular complexity index is 570. The monoisotopic (exact) mass is 317 g/mol. The zero-order valence-electron chi connectivity index (χ0n) is 14.3. The van der Waals surface area contributed by atoms with Crippen LogP contribution < -0.4 is 14.8 Å². The van der Waals surface area contributed by atoms with E-state index in [4.69, 9.17) is 9.47 Å². The molecule has 2 rings (SSSR count). The molecule has 5 nitrogen and oxygen atoms in total. The molecule has 0 aliphatic carbocycles. The van der Waals surface area contributed by atoms with Crippen molar-refractivity contribution in [1.82, 2.24) is 15.5 Å². The molecule has 23 heavy (non-hydrogen) atoms. The molecule has 0 amide bonds. The van der Waals surface area contributed by atoms with Crippen LogP contribution in [-0.4, -0.2) is 23.4 Å². The Balaban J connectivity index is 2.04. The molecule has 0 radical (unpaired) electrons. The number of nitrogens with zero attached hydrogens (tertiary/aromatic N) is 1. The van der Waals surface area contributed by atoms with Gasteiger partial charge in [-0.15, -0.1) is 0 Å². The fourth-order valence-corrected chi connectivity index (χ4v) is 2.21. The quantitative estimate of drug-likeness (QED) is 0.699. The summed E-state index contributed by atoms with van der Waals surface area (Å²) in [6, 6.07) is 8.35. The van der Waals surface area contributed by atoms with Crippen molar-refractivity contribution in [2.45, 2.75) is 46.2 Å². The van der Waals surface area contributed by atoms with Crippen LogP contribution in [0.5, 0.6) is 11.5 Å². The Morgan fingerprint density at radius 3 is 2.48 bits per heavy atom. The van der Waals surface area contributed by atoms with E-state index in [-0.39, 0.29) is 6.04 Å². The fraction of sp³-hybridized carbons (Fsp3) is 0.500. The van der Waals surface area contributed by atoms with E-state index in [1.165, 1.54) is 5.56 Å². The molecular formula is C18H27N3O2. The summed E-state index contributed by atoms with van der Waals surface area (Å²) in [5.74, 6) is 1.65. The van der Waals surface area contributed by atoms with Gasteiger partial charge in [-0.25, -0.2) is 0 Å². The van der Waals surface area contributed by atoms with E-state index in [9.17, 15) is 0 Å². The lowest BCUT2D eigenvalue weighted by Gasteiger charge is -2.17. The first kappa shape index (κ1) is 17.3. The van der Waals surface area contributed by atoms with E-state index in [0.29, 0.717) is 13.2 Å². The third-order valence-electron chi connectivity index (χ3n) is 3.55. The molecule has 0 bridgehead atoms. The maximum absolute atomic E-state index is 5.86. The third-order valence-corrected chi connectivity index (χ3v) is 3.55. The maximum Gasteiger partial charge on any atom is 0.161 e. The molecule has 0 aliphatic rings. The number of rotatable bonds is 10. The molecular weight excluding hydrogens is 290 g/mol. The van der Waals surface area contributed by atoms with Crippen molar-refractivity contribution in [3.05, 3.63) is 41.7 Å². The largest absolute Gasteiger partial charge is 0.490 e. The van der Waals surface area contributed by atoms with Crippen molar-refractivity contribution < 1.29 is 9.47 Å².